The van der Waals surface area contributed by atoms with Gasteiger partial charge in [0.05, 0.1) is 0 Å². The number of aromatic nitrogens is 12. The molecular weight excluding hydrogens is 781 g/mol. The molecule has 0 unspecified atom stereocenters. The van der Waals surface area contributed by atoms with E-state index in [0.717, 1.165) is 63.4 Å². The molecular formula is C39H24N12O3S3. The summed E-state index contributed by atoms with van der Waals surface area (Å²) in [5, 5.41) is 43.4. The molecule has 6 heterocycles. The second kappa shape index (κ2) is 14.2. The van der Waals surface area contributed by atoms with E-state index in [-0.39, 0.29) is 0 Å². The zero-order chi connectivity index (χ0) is 38.5. The molecule has 4 aromatic carbocycles. The Morgan fingerprint density at radius 2 is 0.632 bits per heavy atom. The number of rotatable bonds is 9. The Morgan fingerprint density at radius 3 is 0.912 bits per heavy atom. The molecule has 0 N–H and O–H groups in total. The summed E-state index contributed by atoms with van der Waals surface area (Å²) in [6.45, 7) is 5.76. The Hall–Kier alpha value is -7.02. The van der Waals surface area contributed by atoms with Crippen LogP contribution < -0.4 is 0 Å². The third-order valence-electron chi connectivity index (χ3n) is 8.63. The van der Waals surface area contributed by atoms with Gasteiger partial charge in [0.25, 0.3) is 17.7 Å². The van der Waals surface area contributed by atoms with Crippen molar-refractivity contribution >= 4 is 34.0 Å². The highest BCUT2D eigenvalue weighted by Crippen LogP contribution is 2.35. The molecule has 0 radical (unpaired) electrons. The molecule has 15 nitrogen and oxygen atoms in total. The average Bonchev–Trinajstić information content (AvgIpc) is 4.10. The van der Waals surface area contributed by atoms with Gasteiger partial charge in [-0.25, -0.2) is 0 Å². The molecule has 10 aromatic rings. The smallest absolute Gasteiger partial charge is 0.258 e. The van der Waals surface area contributed by atoms with Crippen LogP contribution >= 0.6 is 34.0 Å². The van der Waals surface area contributed by atoms with Crippen LogP contribution in [0.15, 0.2) is 105 Å². The van der Waals surface area contributed by atoms with Crippen molar-refractivity contribution in [3.63, 3.8) is 0 Å². The lowest BCUT2D eigenvalue weighted by Gasteiger charge is -2.03. The second-order valence-electron chi connectivity index (χ2n) is 12.7. The lowest BCUT2D eigenvalue weighted by molar-refractivity contribution is 0.432. The fourth-order valence-corrected chi connectivity index (χ4v) is 8.05. The quantitative estimate of drug-likeness (QED) is 0.134. The van der Waals surface area contributed by atoms with E-state index in [1.807, 2.05) is 112 Å². The summed E-state index contributed by atoms with van der Waals surface area (Å²) >= 11 is 4.53. The van der Waals surface area contributed by atoms with Crippen LogP contribution in [0, 0.1) is 20.8 Å². The largest absolute Gasteiger partial charge is 0.334 e. The highest BCUT2D eigenvalue weighted by molar-refractivity contribution is 7.15. The minimum atomic E-state index is 0.331. The van der Waals surface area contributed by atoms with Crippen LogP contribution in [0.5, 0.6) is 0 Å². The van der Waals surface area contributed by atoms with Crippen molar-refractivity contribution in [3.8, 4) is 100 Å². The van der Waals surface area contributed by atoms with Crippen LogP contribution in [-0.2, 0) is 0 Å². The maximum absolute atomic E-state index is 5.80. The first-order valence-corrected chi connectivity index (χ1v) is 19.7. The second-order valence-corrected chi connectivity index (χ2v) is 16.2. The topological polar surface area (TPSA) is 194 Å². The SMILES string of the molecule is Cc1nnc(-c2cccc(-c3nc(-c4cc(-c5noc(-c6cccc(-c7nnc(C)s7)c6)n5)cc(-c5noc(-c6cccc(-c7nnc(C)s7)c6)n5)c4)no3)c2)s1. The first-order valence-electron chi connectivity index (χ1n) is 17.3. The van der Waals surface area contributed by atoms with E-state index >= 15 is 0 Å². The van der Waals surface area contributed by atoms with Gasteiger partial charge in [-0.15, -0.1) is 30.6 Å². The Bertz CT molecular complexity index is 2730. The Labute approximate surface area is 334 Å². The highest BCUT2D eigenvalue weighted by Gasteiger charge is 2.21. The molecule has 0 aliphatic heterocycles. The first-order chi connectivity index (χ1) is 27.9. The monoisotopic (exact) mass is 804 g/mol. The van der Waals surface area contributed by atoms with Gasteiger partial charge in [-0.05, 0) is 75.4 Å². The van der Waals surface area contributed by atoms with E-state index in [9.17, 15) is 0 Å². The lowest BCUT2D eigenvalue weighted by Crippen LogP contribution is -1.90. The van der Waals surface area contributed by atoms with Gasteiger partial charge in [0.15, 0.2) is 0 Å². The summed E-state index contributed by atoms with van der Waals surface area (Å²) in [6, 6.07) is 28.8. The van der Waals surface area contributed by atoms with E-state index in [0.29, 0.717) is 51.8 Å². The van der Waals surface area contributed by atoms with E-state index in [4.69, 9.17) is 28.5 Å². The molecule has 10 rings (SSSR count). The van der Waals surface area contributed by atoms with Crippen molar-refractivity contribution in [1.29, 1.82) is 0 Å². The number of benzene rings is 4. The molecule has 0 saturated heterocycles. The van der Waals surface area contributed by atoms with E-state index in [1.165, 1.54) is 34.0 Å². The summed E-state index contributed by atoms with van der Waals surface area (Å²) in [5.41, 5.74) is 6.71. The van der Waals surface area contributed by atoms with E-state index < -0.39 is 0 Å². The Kier molecular flexibility index (Phi) is 8.61. The van der Waals surface area contributed by atoms with Gasteiger partial charge in [0, 0.05) is 50.1 Å². The number of aryl methyl sites for hydroxylation is 3. The average molecular weight is 805 g/mol. The van der Waals surface area contributed by atoms with Crippen molar-refractivity contribution in [2.24, 2.45) is 0 Å². The normalized spacial score (nSPS) is 11.4. The molecule has 57 heavy (non-hydrogen) atoms. The van der Waals surface area contributed by atoms with Gasteiger partial charge in [0.1, 0.15) is 30.0 Å². The van der Waals surface area contributed by atoms with Gasteiger partial charge in [0.2, 0.25) is 17.5 Å². The molecule has 276 valence electrons. The minimum Gasteiger partial charge on any atom is -0.334 e. The summed E-state index contributed by atoms with van der Waals surface area (Å²) in [5.74, 6) is 1.99. The standard InChI is InChI=1S/C39H24N12O3S3/c1-19-43-46-37(55-19)25-10-4-7-22(13-25)34-40-31(49-52-34)28-16-29(32-41-35(53-50-32)23-8-5-11-26(14-23)38-47-44-20(2)56-38)18-30(17-28)33-42-36(54-51-33)24-9-6-12-27(15-24)39-48-45-21(3)57-39/h4-18H,1-3H3. The fraction of sp³-hybridized carbons (Fsp3) is 0.0769. The zero-order valence-corrected chi connectivity index (χ0v) is 32.4. The molecule has 0 amide bonds. The first kappa shape index (κ1) is 34.5. The molecule has 0 fully saturated rings. The molecule has 6 aromatic heterocycles. The van der Waals surface area contributed by atoms with Crippen molar-refractivity contribution in [2.45, 2.75) is 20.8 Å². The van der Waals surface area contributed by atoms with Gasteiger partial charge >= 0.3 is 0 Å². The van der Waals surface area contributed by atoms with Gasteiger partial charge in [-0.3, -0.25) is 0 Å². The van der Waals surface area contributed by atoms with Crippen LogP contribution in [0.3, 0.4) is 0 Å². The number of hydrogen-bond acceptors (Lipinski definition) is 18. The predicted octanol–water partition coefficient (Wildman–Crippen LogP) is 9.32. The molecule has 18 heteroatoms. The predicted molar refractivity (Wildman–Crippen MR) is 214 cm³/mol. The lowest BCUT2D eigenvalue weighted by atomic mass is 10.0. The highest BCUT2D eigenvalue weighted by atomic mass is 32.1. The summed E-state index contributed by atoms with van der Waals surface area (Å²) in [7, 11) is 0. The van der Waals surface area contributed by atoms with Gasteiger partial charge in [-0.2, -0.15) is 15.0 Å². The maximum Gasteiger partial charge on any atom is 0.258 e. The fourth-order valence-electron chi connectivity index (χ4n) is 5.98. The summed E-state index contributed by atoms with van der Waals surface area (Å²) < 4.78 is 17.4. The van der Waals surface area contributed by atoms with E-state index in [1.54, 1.807) is 0 Å². The van der Waals surface area contributed by atoms with Crippen LogP contribution in [0.1, 0.15) is 15.0 Å². The molecule has 0 spiro atoms. The third-order valence-corrected chi connectivity index (χ3v) is 11.3. The molecule has 0 aliphatic rings. The van der Waals surface area contributed by atoms with Crippen molar-refractivity contribution in [2.75, 3.05) is 0 Å². The van der Waals surface area contributed by atoms with Gasteiger partial charge in [-0.1, -0.05) is 85.9 Å². The van der Waals surface area contributed by atoms with Crippen LogP contribution in [0.25, 0.3) is 100 Å². The third kappa shape index (κ3) is 6.92. The van der Waals surface area contributed by atoms with Crippen molar-refractivity contribution < 1.29 is 13.6 Å². The van der Waals surface area contributed by atoms with Crippen LogP contribution in [0.4, 0.5) is 0 Å². The Morgan fingerprint density at radius 1 is 0.351 bits per heavy atom. The summed E-state index contributed by atoms with van der Waals surface area (Å²) in [6.07, 6.45) is 0. The van der Waals surface area contributed by atoms with Gasteiger partial charge < -0.3 is 13.6 Å². The molecule has 0 atom stereocenters. The Balaban J connectivity index is 1.03. The number of nitrogens with zero attached hydrogens (tertiary/aromatic N) is 12. The molecule has 0 saturated carbocycles. The van der Waals surface area contributed by atoms with E-state index in [2.05, 4.69) is 46.1 Å². The zero-order valence-electron chi connectivity index (χ0n) is 30.0. The molecule has 0 bridgehead atoms. The maximum atomic E-state index is 5.80. The van der Waals surface area contributed by atoms with Crippen molar-refractivity contribution in [1.82, 2.24) is 61.0 Å². The van der Waals surface area contributed by atoms with Crippen LogP contribution in [0.2, 0.25) is 0 Å². The minimum absolute atomic E-state index is 0.331. The number of hydrogen-bond donors (Lipinski definition) is 0. The molecule has 0 aliphatic carbocycles. The van der Waals surface area contributed by atoms with Crippen LogP contribution in [-0.4, -0.2) is 61.0 Å². The van der Waals surface area contributed by atoms with Crippen molar-refractivity contribution in [3.05, 3.63) is 106 Å². The summed E-state index contributed by atoms with van der Waals surface area (Å²) in [4.78, 5) is 14.4.